The number of hydrogen-bond acceptors (Lipinski definition) is 1. The smallest absolute Gasteiger partial charge is 0.306 e. The van der Waals surface area contributed by atoms with E-state index in [2.05, 4.69) is 0 Å². The van der Waals surface area contributed by atoms with Gasteiger partial charge in [0.2, 0.25) is 0 Å². The maximum absolute atomic E-state index is 13.1. The van der Waals surface area contributed by atoms with Crippen molar-refractivity contribution in [3.05, 3.63) is 35.6 Å². The molecule has 1 unspecified atom stereocenters. The van der Waals surface area contributed by atoms with Crippen LogP contribution in [0.2, 0.25) is 0 Å². The molecule has 1 aromatic carbocycles. The molecule has 2 nitrogen and oxygen atoms in total. The van der Waals surface area contributed by atoms with Crippen molar-refractivity contribution in [1.29, 1.82) is 0 Å². The molecule has 0 saturated carbocycles. The van der Waals surface area contributed by atoms with Gasteiger partial charge in [0.15, 0.2) is 0 Å². The number of aliphatic carboxylic acids is 1. The lowest BCUT2D eigenvalue weighted by Crippen LogP contribution is -2.10. The predicted molar refractivity (Wildman–Crippen MR) is 51.5 cm³/mol. The molecule has 0 bridgehead atoms. The number of rotatable bonds is 4. The molecule has 76 valence electrons. The molecule has 0 fully saturated rings. The second kappa shape index (κ2) is 4.74. The number of benzene rings is 1. The highest BCUT2D eigenvalue weighted by atomic mass is 19.1. The highest BCUT2D eigenvalue weighted by molar-refractivity contribution is 5.69. The Hall–Kier alpha value is -1.38. The number of halogens is 1. The molecular weight excluding hydrogens is 183 g/mol. The van der Waals surface area contributed by atoms with E-state index in [4.69, 9.17) is 5.11 Å². The second-order valence-electron chi connectivity index (χ2n) is 3.37. The Labute approximate surface area is 82.4 Å². The largest absolute Gasteiger partial charge is 0.481 e. The van der Waals surface area contributed by atoms with Gasteiger partial charge in [0.05, 0.1) is 5.92 Å². The molecule has 1 N–H and O–H groups in total. The number of carboxylic acids is 1. The van der Waals surface area contributed by atoms with Crippen molar-refractivity contribution in [3.8, 4) is 0 Å². The summed E-state index contributed by atoms with van der Waals surface area (Å²) in [5.41, 5.74) is 0.584. The van der Waals surface area contributed by atoms with Gasteiger partial charge in [-0.25, -0.2) is 4.39 Å². The fraction of sp³-hybridized carbons (Fsp3) is 0.364. The molecule has 1 aromatic rings. The van der Waals surface area contributed by atoms with Crippen LogP contribution in [0, 0.1) is 11.7 Å². The van der Waals surface area contributed by atoms with Crippen LogP contribution in [0.5, 0.6) is 0 Å². The minimum atomic E-state index is -0.832. The molecule has 1 rings (SSSR count). The zero-order valence-corrected chi connectivity index (χ0v) is 8.03. The van der Waals surface area contributed by atoms with Gasteiger partial charge in [-0.1, -0.05) is 25.1 Å². The molecule has 14 heavy (non-hydrogen) atoms. The monoisotopic (exact) mass is 196 g/mol. The van der Waals surface area contributed by atoms with Crippen LogP contribution < -0.4 is 0 Å². The van der Waals surface area contributed by atoms with Crippen molar-refractivity contribution in [2.24, 2.45) is 5.92 Å². The quantitative estimate of drug-likeness (QED) is 0.803. The summed E-state index contributed by atoms with van der Waals surface area (Å²) in [4.78, 5) is 10.5. The molecule has 0 aromatic heterocycles. The van der Waals surface area contributed by atoms with Gasteiger partial charge in [0.1, 0.15) is 5.82 Å². The summed E-state index contributed by atoms with van der Waals surface area (Å²) in [6.45, 7) is 1.63. The lowest BCUT2D eigenvalue weighted by Gasteiger charge is -2.06. The lowest BCUT2D eigenvalue weighted by molar-refractivity contribution is -0.141. The molecular formula is C11H13FO2. The van der Waals surface area contributed by atoms with Crippen molar-refractivity contribution < 1.29 is 14.3 Å². The zero-order valence-electron chi connectivity index (χ0n) is 8.03. The van der Waals surface area contributed by atoms with Gasteiger partial charge in [0.25, 0.3) is 0 Å². The van der Waals surface area contributed by atoms with Gasteiger partial charge in [-0.3, -0.25) is 4.79 Å². The van der Waals surface area contributed by atoms with Crippen LogP contribution in [-0.4, -0.2) is 11.1 Å². The van der Waals surface area contributed by atoms with Crippen LogP contribution >= 0.6 is 0 Å². The Morgan fingerprint density at radius 2 is 2.14 bits per heavy atom. The number of carbonyl (C=O) groups is 1. The third kappa shape index (κ3) is 2.83. The van der Waals surface area contributed by atoms with E-state index in [9.17, 15) is 9.18 Å². The predicted octanol–water partition coefficient (Wildman–Crippen LogP) is 2.48. The van der Waals surface area contributed by atoms with Crippen molar-refractivity contribution in [2.75, 3.05) is 0 Å². The first kappa shape index (κ1) is 10.7. The Kier molecular flexibility index (Phi) is 3.63. The van der Waals surface area contributed by atoms with Crippen LogP contribution in [0.25, 0.3) is 0 Å². The van der Waals surface area contributed by atoms with E-state index >= 15 is 0 Å². The second-order valence-corrected chi connectivity index (χ2v) is 3.37. The van der Waals surface area contributed by atoms with Gasteiger partial charge in [-0.2, -0.15) is 0 Å². The van der Waals surface area contributed by atoms with Crippen LogP contribution in [0.3, 0.4) is 0 Å². The summed E-state index contributed by atoms with van der Waals surface area (Å²) in [5, 5.41) is 8.64. The van der Waals surface area contributed by atoms with Crippen LogP contribution in [-0.2, 0) is 11.2 Å². The van der Waals surface area contributed by atoms with Gasteiger partial charge in [-0.15, -0.1) is 0 Å². The van der Waals surface area contributed by atoms with Gasteiger partial charge in [-0.05, 0) is 24.5 Å². The minimum Gasteiger partial charge on any atom is -0.481 e. The van der Waals surface area contributed by atoms with Crippen molar-refractivity contribution >= 4 is 5.97 Å². The highest BCUT2D eigenvalue weighted by Crippen LogP contribution is 2.12. The minimum absolute atomic E-state index is 0.259. The molecule has 0 amide bonds. The third-order valence-electron chi connectivity index (χ3n) is 2.23. The summed E-state index contributed by atoms with van der Waals surface area (Å²) in [6.07, 6.45) is 0.941. The van der Waals surface area contributed by atoms with Crippen molar-refractivity contribution in [1.82, 2.24) is 0 Å². The first-order valence-corrected chi connectivity index (χ1v) is 4.57. The molecule has 0 aliphatic rings. The van der Waals surface area contributed by atoms with Crippen molar-refractivity contribution in [3.63, 3.8) is 0 Å². The first-order valence-electron chi connectivity index (χ1n) is 4.57. The molecule has 0 radical (unpaired) electrons. The summed E-state index contributed by atoms with van der Waals surface area (Å²) >= 11 is 0. The summed E-state index contributed by atoms with van der Waals surface area (Å²) in [5.74, 6) is -1.51. The van der Waals surface area contributed by atoms with E-state index in [-0.39, 0.29) is 5.82 Å². The van der Waals surface area contributed by atoms with Crippen LogP contribution in [0.1, 0.15) is 18.9 Å². The summed E-state index contributed by atoms with van der Waals surface area (Å²) in [6, 6.07) is 6.45. The average Bonchev–Trinajstić information content (AvgIpc) is 2.16. The van der Waals surface area contributed by atoms with E-state index in [0.29, 0.717) is 18.4 Å². The van der Waals surface area contributed by atoms with E-state index < -0.39 is 11.9 Å². The average molecular weight is 196 g/mol. The number of carboxylic acid groups (broad SMARTS) is 1. The maximum atomic E-state index is 13.1. The maximum Gasteiger partial charge on any atom is 0.306 e. The Balaban J connectivity index is 2.54. The zero-order chi connectivity index (χ0) is 10.6. The molecule has 1 atom stereocenters. The topological polar surface area (TPSA) is 37.3 Å². The molecule has 0 aliphatic heterocycles. The molecule has 3 heteroatoms. The Morgan fingerprint density at radius 1 is 1.50 bits per heavy atom. The molecule has 0 spiro atoms. The van der Waals surface area contributed by atoms with Crippen LogP contribution in [0.15, 0.2) is 24.3 Å². The molecule has 0 saturated heterocycles. The summed E-state index contributed by atoms with van der Waals surface area (Å²) < 4.78 is 13.1. The molecule has 0 heterocycles. The van der Waals surface area contributed by atoms with E-state index in [1.54, 1.807) is 25.1 Å². The Bertz CT molecular complexity index is 323. The highest BCUT2D eigenvalue weighted by Gasteiger charge is 2.11. The van der Waals surface area contributed by atoms with E-state index in [0.717, 1.165) is 0 Å². The van der Waals surface area contributed by atoms with Gasteiger partial charge >= 0.3 is 5.97 Å². The van der Waals surface area contributed by atoms with Gasteiger partial charge in [0, 0.05) is 0 Å². The first-order chi connectivity index (χ1) is 6.61. The standard InChI is InChI=1S/C11H13FO2/c1-8(11(13)14)6-7-9-4-2-3-5-10(9)12/h2-5,8H,6-7H2,1H3,(H,13,14). The van der Waals surface area contributed by atoms with Gasteiger partial charge < -0.3 is 5.11 Å². The normalized spacial score (nSPS) is 12.4. The van der Waals surface area contributed by atoms with Crippen molar-refractivity contribution in [2.45, 2.75) is 19.8 Å². The van der Waals surface area contributed by atoms with E-state index in [1.165, 1.54) is 6.07 Å². The number of aryl methyl sites for hydroxylation is 1. The lowest BCUT2D eigenvalue weighted by atomic mass is 10.0. The van der Waals surface area contributed by atoms with Crippen LogP contribution in [0.4, 0.5) is 4.39 Å². The Morgan fingerprint density at radius 3 is 2.71 bits per heavy atom. The molecule has 0 aliphatic carbocycles. The third-order valence-corrected chi connectivity index (χ3v) is 2.23. The number of hydrogen-bond donors (Lipinski definition) is 1. The van der Waals surface area contributed by atoms with E-state index in [1.807, 2.05) is 0 Å². The fourth-order valence-electron chi connectivity index (χ4n) is 1.20. The summed E-state index contributed by atoms with van der Waals surface area (Å²) in [7, 11) is 0. The fourth-order valence-corrected chi connectivity index (χ4v) is 1.20. The SMILES string of the molecule is CC(CCc1ccccc1F)C(=O)O.